The first-order valence-corrected chi connectivity index (χ1v) is 18.2. The number of para-hydroxylation sites is 1. The molecule has 4 heteroatoms. The summed E-state index contributed by atoms with van der Waals surface area (Å²) in [6.07, 6.45) is 0. The highest BCUT2D eigenvalue weighted by Crippen LogP contribution is 2.51. The zero-order valence-corrected chi connectivity index (χ0v) is 29.3. The van der Waals surface area contributed by atoms with E-state index in [1.807, 2.05) is 18.2 Å². The molecule has 0 radical (unpaired) electrons. The first-order chi connectivity index (χ1) is 26.0. The van der Waals surface area contributed by atoms with Gasteiger partial charge in [-0.2, -0.15) is 0 Å². The third-order valence-corrected chi connectivity index (χ3v) is 11.2. The number of furan rings is 1. The summed E-state index contributed by atoms with van der Waals surface area (Å²) in [5, 5.41) is 4.63. The lowest BCUT2D eigenvalue weighted by molar-refractivity contribution is 0.661. The fourth-order valence-electron chi connectivity index (χ4n) is 8.56. The Morgan fingerprint density at radius 3 is 1.81 bits per heavy atom. The van der Waals surface area contributed by atoms with E-state index in [0.717, 1.165) is 61.2 Å². The molecular formula is C49H33N3O. The van der Waals surface area contributed by atoms with Crippen LogP contribution >= 0.6 is 0 Å². The van der Waals surface area contributed by atoms with E-state index in [9.17, 15) is 0 Å². The van der Waals surface area contributed by atoms with Gasteiger partial charge in [-0.15, -0.1) is 0 Å². The second-order valence-corrected chi connectivity index (χ2v) is 14.6. The van der Waals surface area contributed by atoms with E-state index in [0.29, 0.717) is 5.82 Å². The number of nitrogens with zero attached hydrogens (tertiary/aromatic N) is 3. The number of hydrogen-bond donors (Lipinski definition) is 0. The third-order valence-electron chi connectivity index (χ3n) is 11.2. The summed E-state index contributed by atoms with van der Waals surface area (Å²) >= 11 is 0. The van der Waals surface area contributed by atoms with Crippen molar-refractivity contribution in [3.8, 4) is 50.7 Å². The number of hydrogen-bond acceptors (Lipinski definition) is 3. The SMILES string of the molecule is CC1(C)c2ccccc2-c2cc3c4cc5oc6ccccc6c5cc4n(-c4ccc(-c5nc(-c6ccccc6)cc(-c6ccccc6)n5)cc4)c3cc21. The highest BCUT2D eigenvalue weighted by atomic mass is 16.3. The van der Waals surface area contributed by atoms with Crippen molar-refractivity contribution in [1.82, 2.24) is 14.5 Å². The number of aromatic nitrogens is 3. The molecule has 3 aromatic heterocycles. The molecule has 0 spiro atoms. The normalized spacial score (nSPS) is 13.2. The summed E-state index contributed by atoms with van der Waals surface area (Å²) in [6, 6.07) is 58.0. The van der Waals surface area contributed by atoms with Gasteiger partial charge in [-0.1, -0.05) is 117 Å². The molecule has 0 bridgehead atoms. The van der Waals surface area contributed by atoms with Crippen LogP contribution in [0.15, 0.2) is 168 Å². The highest BCUT2D eigenvalue weighted by molar-refractivity contribution is 6.18. The van der Waals surface area contributed by atoms with Gasteiger partial charge in [0.2, 0.25) is 0 Å². The molecule has 1 aliphatic carbocycles. The second-order valence-electron chi connectivity index (χ2n) is 14.6. The van der Waals surface area contributed by atoms with Crippen molar-refractivity contribution >= 4 is 43.7 Å². The van der Waals surface area contributed by atoms with Crippen LogP contribution in [0.25, 0.3) is 94.5 Å². The first kappa shape index (κ1) is 29.9. The van der Waals surface area contributed by atoms with Gasteiger partial charge in [-0.3, -0.25) is 0 Å². The maximum atomic E-state index is 6.43. The Morgan fingerprint density at radius 2 is 1.08 bits per heavy atom. The quantitative estimate of drug-likeness (QED) is 0.186. The first-order valence-electron chi connectivity index (χ1n) is 18.2. The minimum absolute atomic E-state index is 0.118. The van der Waals surface area contributed by atoms with Crippen LogP contribution in [-0.2, 0) is 5.41 Å². The molecule has 0 atom stereocenters. The highest BCUT2D eigenvalue weighted by Gasteiger charge is 2.36. The van der Waals surface area contributed by atoms with Crippen molar-refractivity contribution in [2.45, 2.75) is 19.3 Å². The predicted octanol–water partition coefficient (Wildman–Crippen LogP) is 12.8. The Hall–Kier alpha value is -6.78. The summed E-state index contributed by atoms with van der Waals surface area (Å²) in [7, 11) is 0. The lowest BCUT2D eigenvalue weighted by atomic mass is 9.82. The lowest BCUT2D eigenvalue weighted by Crippen LogP contribution is -2.14. The smallest absolute Gasteiger partial charge is 0.160 e. The molecule has 3 heterocycles. The summed E-state index contributed by atoms with van der Waals surface area (Å²) in [5.74, 6) is 0.697. The van der Waals surface area contributed by atoms with Crippen molar-refractivity contribution in [2.75, 3.05) is 0 Å². The van der Waals surface area contributed by atoms with Gasteiger partial charge in [-0.25, -0.2) is 9.97 Å². The molecule has 0 amide bonds. The average Bonchev–Trinajstić information content (AvgIpc) is 3.81. The number of rotatable bonds is 4. The van der Waals surface area contributed by atoms with Crippen LogP contribution in [0.3, 0.4) is 0 Å². The number of fused-ring (bicyclic) bond motifs is 9. The van der Waals surface area contributed by atoms with Gasteiger partial charge in [0, 0.05) is 49.3 Å². The molecule has 1 aliphatic rings. The molecular weight excluding hydrogens is 647 g/mol. The Balaban J connectivity index is 1.13. The molecule has 0 saturated heterocycles. The van der Waals surface area contributed by atoms with Crippen LogP contribution in [0.1, 0.15) is 25.0 Å². The molecule has 0 N–H and O–H groups in total. The average molecular weight is 680 g/mol. The van der Waals surface area contributed by atoms with Crippen molar-refractivity contribution in [3.05, 3.63) is 175 Å². The van der Waals surface area contributed by atoms with Gasteiger partial charge in [0.05, 0.1) is 22.4 Å². The minimum atomic E-state index is -0.118. The van der Waals surface area contributed by atoms with Crippen molar-refractivity contribution in [3.63, 3.8) is 0 Å². The van der Waals surface area contributed by atoms with E-state index in [4.69, 9.17) is 14.4 Å². The molecule has 11 rings (SSSR count). The topological polar surface area (TPSA) is 43.9 Å². The van der Waals surface area contributed by atoms with Gasteiger partial charge in [0.25, 0.3) is 0 Å². The Labute approximate surface area is 306 Å². The number of benzene rings is 7. The zero-order chi connectivity index (χ0) is 35.3. The van der Waals surface area contributed by atoms with Crippen molar-refractivity contribution < 1.29 is 4.42 Å². The summed E-state index contributed by atoms with van der Waals surface area (Å²) in [4.78, 5) is 10.2. The summed E-state index contributed by atoms with van der Waals surface area (Å²) in [5.41, 5.74) is 15.3. The monoisotopic (exact) mass is 679 g/mol. The molecule has 250 valence electrons. The van der Waals surface area contributed by atoms with Crippen LogP contribution in [0.5, 0.6) is 0 Å². The van der Waals surface area contributed by atoms with Crippen LogP contribution in [0, 0.1) is 0 Å². The van der Waals surface area contributed by atoms with E-state index in [2.05, 4.69) is 164 Å². The molecule has 0 fully saturated rings. The largest absolute Gasteiger partial charge is 0.456 e. The molecule has 7 aromatic carbocycles. The maximum Gasteiger partial charge on any atom is 0.160 e. The zero-order valence-electron chi connectivity index (χ0n) is 29.3. The molecule has 0 unspecified atom stereocenters. The van der Waals surface area contributed by atoms with Gasteiger partial charge in [0.1, 0.15) is 11.2 Å². The second kappa shape index (κ2) is 11.1. The van der Waals surface area contributed by atoms with Crippen LogP contribution < -0.4 is 0 Å². The van der Waals surface area contributed by atoms with Crippen LogP contribution in [-0.4, -0.2) is 14.5 Å². The van der Waals surface area contributed by atoms with E-state index in [1.165, 1.54) is 38.5 Å². The third kappa shape index (κ3) is 4.49. The molecule has 10 aromatic rings. The van der Waals surface area contributed by atoms with E-state index < -0.39 is 0 Å². The minimum Gasteiger partial charge on any atom is -0.456 e. The summed E-state index contributed by atoms with van der Waals surface area (Å²) in [6.45, 7) is 4.69. The standard InChI is InChI=1S/C49H33N3O/c1-49(2)40-19-11-9-17-34(40)36-25-37-38-27-47-39(35-18-10-12-20-46(35)53-47)26-44(38)52(45(37)28-41(36)49)33-23-21-32(22-24-33)48-50-42(30-13-5-3-6-14-30)29-43(51-48)31-15-7-4-8-16-31/h3-29H,1-2H3. The maximum absolute atomic E-state index is 6.43. The van der Waals surface area contributed by atoms with Gasteiger partial charge >= 0.3 is 0 Å². The molecule has 0 saturated carbocycles. The predicted molar refractivity (Wildman–Crippen MR) is 218 cm³/mol. The Morgan fingerprint density at radius 1 is 0.453 bits per heavy atom. The van der Waals surface area contributed by atoms with Gasteiger partial charge < -0.3 is 8.98 Å². The van der Waals surface area contributed by atoms with Crippen LogP contribution in [0.4, 0.5) is 0 Å². The van der Waals surface area contributed by atoms with Gasteiger partial charge in [-0.05, 0) is 82.9 Å². The van der Waals surface area contributed by atoms with Crippen molar-refractivity contribution in [1.29, 1.82) is 0 Å². The Bertz CT molecular complexity index is 3000. The summed E-state index contributed by atoms with van der Waals surface area (Å²) < 4.78 is 8.85. The van der Waals surface area contributed by atoms with E-state index in [1.54, 1.807) is 0 Å². The van der Waals surface area contributed by atoms with E-state index >= 15 is 0 Å². The fraction of sp³-hybridized carbons (Fsp3) is 0.0612. The Kier molecular flexibility index (Phi) is 6.27. The van der Waals surface area contributed by atoms with E-state index in [-0.39, 0.29) is 5.41 Å². The molecule has 53 heavy (non-hydrogen) atoms. The molecule has 4 nitrogen and oxygen atoms in total. The lowest BCUT2D eigenvalue weighted by Gasteiger charge is -2.21. The molecule has 0 aliphatic heterocycles. The van der Waals surface area contributed by atoms with Gasteiger partial charge in [0.15, 0.2) is 5.82 Å². The fourth-order valence-corrected chi connectivity index (χ4v) is 8.56. The van der Waals surface area contributed by atoms with Crippen LogP contribution in [0.2, 0.25) is 0 Å². The van der Waals surface area contributed by atoms with Crippen molar-refractivity contribution in [2.24, 2.45) is 0 Å².